The van der Waals surface area contributed by atoms with Gasteiger partial charge < -0.3 is 19.7 Å². The standard InChI is InChI=1S/C14H19N3O4S/c1-10(18)15-13-16-11(7-22-13)12(19)17-4-6-21-14(8-17)3-2-5-20-9-14/h7H,2-6,8-9H2,1H3,(H,15,16,18). The largest absolute Gasteiger partial charge is 0.378 e. The first-order valence-corrected chi connectivity index (χ1v) is 8.20. The van der Waals surface area contributed by atoms with E-state index in [1.807, 2.05) is 0 Å². The number of thiazole rings is 1. The second kappa shape index (κ2) is 6.31. The average molecular weight is 325 g/mol. The Labute approximate surface area is 132 Å². The SMILES string of the molecule is CC(=O)Nc1nc(C(=O)N2CCOC3(CCCOC3)C2)cs1. The van der Waals surface area contributed by atoms with Crippen LogP contribution in [0.2, 0.25) is 0 Å². The van der Waals surface area contributed by atoms with Gasteiger partial charge >= 0.3 is 0 Å². The molecule has 1 spiro atoms. The summed E-state index contributed by atoms with van der Waals surface area (Å²) in [5.74, 6) is -0.320. The van der Waals surface area contributed by atoms with Crippen molar-refractivity contribution < 1.29 is 19.1 Å². The molecular formula is C14H19N3O4S. The lowest BCUT2D eigenvalue weighted by Gasteiger charge is -2.44. The minimum Gasteiger partial charge on any atom is -0.378 e. The zero-order valence-corrected chi connectivity index (χ0v) is 13.3. The molecule has 2 amide bonds. The lowest BCUT2D eigenvalue weighted by molar-refractivity contribution is -0.160. The molecule has 120 valence electrons. The van der Waals surface area contributed by atoms with Gasteiger partial charge in [0.05, 0.1) is 19.8 Å². The van der Waals surface area contributed by atoms with Crippen molar-refractivity contribution in [3.8, 4) is 0 Å². The molecule has 2 aliphatic heterocycles. The van der Waals surface area contributed by atoms with Gasteiger partial charge in [0, 0.05) is 25.5 Å². The van der Waals surface area contributed by atoms with Crippen LogP contribution in [-0.2, 0) is 14.3 Å². The fraction of sp³-hybridized carbons (Fsp3) is 0.643. The quantitative estimate of drug-likeness (QED) is 0.881. The Kier molecular flexibility index (Phi) is 4.42. The van der Waals surface area contributed by atoms with Crippen LogP contribution in [0.1, 0.15) is 30.3 Å². The molecule has 7 nitrogen and oxygen atoms in total. The van der Waals surface area contributed by atoms with Crippen LogP contribution in [0.3, 0.4) is 0 Å². The van der Waals surface area contributed by atoms with E-state index >= 15 is 0 Å². The molecule has 0 bridgehead atoms. The minimum atomic E-state index is -0.372. The molecule has 3 heterocycles. The lowest BCUT2D eigenvalue weighted by atomic mass is 9.94. The van der Waals surface area contributed by atoms with Crippen LogP contribution < -0.4 is 5.32 Å². The summed E-state index contributed by atoms with van der Waals surface area (Å²) in [6, 6.07) is 0. The van der Waals surface area contributed by atoms with Gasteiger partial charge in [0.1, 0.15) is 11.3 Å². The Bertz CT molecular complexity index is 563. The fourth-order valence-electron chi connectivity index (χ4n) is 2.83. The number of morpholine rings is 1. The van der Waals surface area contributed by atoms with E-state index in [-0.39, 0.29) is 17.4 Å². The van der Waals surface area contributed by atoms with Gasteiger partial charge in [-0.2, -0.15) is 0 Å². The van der Waals surface area contributed by atoms with E-state index in [0.29, 0.717) is 37.1 Å². The topological polar surface area (TPSA) is 80.8 Å². The number of nitrogens with one attached hydrogen (secondary N) is 1. The van der Waals surface area contributed by atoms with Crippen molar-refractivity contribution in [2.24, 2.45) is 0 Å². The van der Waals surface area contributed by atoms with Crippen LogP contribution in [0.5, 0.6) is 0 Å². The third-order valence-corrected chi connectivity index (χ3v) is 4.59. The molecular weight excluding hydrogens is 306 g/mol. The molecule has 2 saturated heterocycles. The number of hydrogen-bond acceptors (Lipinski definition) is 6. The maximum atomic E-state index is 12.6. The van der Waals surface area contributed by atoms with Gasteiger partial charge in [0.25, 0.3) is 5.91 Å². The summed E-state index contributed by atoms with van der Waals surface area (Å²) in [6.07, 6.45) is 1.86. The normalized spacial score (nSPS) is 25.2. The van der Waals surface area contributed by atoms with Gasteiger partial charge in [-0.25, -0.2) is 4.98 Å². The van der Waals surface area contributed by atoms with Crippen LogP contribution >= 0.6 is 11.3 Å². The van der Waals surface area contributed by atoms with E-state index in [9.17, 15) is 9.59 Å². The molecule has 1 N–H and O–H groups in total. The highest BCUT2D eigenvalue weighted by atomic mass is 32.1. The lowest BCUT2D eigenvalue weighted by Crippen LogP contribution is -2.57. The smallest absolute Gasteiger partial charge is 0.273 e. The molecule has 0 saturated carbocycles. The molecule has 0 aromatic carbocycles. The van der Waals surface area contributed by atoms with Crippen LogP contribution in [0, 0.1) is 0 Å². The first-order valence-electron chi connectivity index (χ1n) is 7.32. The molecule has 0 aliphatic carbocycles. The van der Waals surface area contributed by atoms with Gasteiger partial charge in [-0.1, -0.05) is 0 Å². The number of ether oxygens (including phenoxy) is 2. The Morgan fingerprint density at radius 1 is 1.45 bits per heavy atom. The summed E-state index contributed by atoms with van der Waals surface area (Å²) >= 11 is 1.25. The number of amides is 2. The molecule has 1 aromatic rings. The molecule has 1 unspecified atom stereocenters. The average Bonchev–Trinajstić information content (AvgIpc) is 2.95. The van der Waals surface area contributed by atoms with Gasteiger partial charge in [-0.15, -0.1) is 11.3 Å². The monoisotopic (exact) mass is 325 g/mol. The number of nitrogens with zero attached hydrogens (tertiary/aromatic N) is 2. The summed E-state index contributed by atoms with van der Waals surface area (Å²) < 4.78 is 11.4. The second-order valence-corrected chi connectivity index (χ2v) is 6.49. The van der Waals surface area contributed by atoms with Crippen LogP contribution in [0.15, 0.2) is 5.38 Å². The number of carbonyl (C=O) groups excluding carboxylic acids is 2. The highest BCUT2D eigenvalue weighted by Gasteiger charge is 2.40. The number of anilines is 1. The molecule has 22 heavy (non-hydrogen) atoms. The van der Waals surface area contributed by atoms with Gasteiger partial charge in [0.15, 0.2) is 5.13 Å². The molecule has 1 aromatic heterocycles. The molecule has 2 fully saturated rings. The van der Waals surface area contributed by atoms with Crippen molar-refractivity contribution in [1.82, 2.24) is 9.88 Å². The number of aromatic nitrogens is 1. The first kappa shape index (κ1) is 15.4. The first-order chi connectivity index (χ1) is 10.6. The Morgan fingerprint density at radius 2 is 2.32 bits per heavy atom. The zero-order chi connectivity index (χ0) is 15.6. The van der Waals surface area contributed by atoms with E-state index in [1.165, 1.54) is 18.3 Å². The molecule has 1 atom stereocenters. The summed E-state index contributed by atoms with van der Waals surface area (Å²) in [5.41, 5.74) is -0.00892. The van der Waals surface area contributed by atoms with Crippen molar-refractivity contribution in [2.45, 2.75) is 25.4 Å². The molecule has 8 heteroatoms. The van der Waals surface area contributed by atoms with Crippen molar-refractivity contribution in [3.63, 3.8) is 0 Å². The van der Waals surface area contributed by atoms with E-state index < -0.39 is 0 Å². The highest BCUT2D eigenvalue weighted by Crippen LogP contribution is 2.28. The second-order valence-electron chi connectivity index (χ2n) is 5.63. The van der Waals surface area contributed by atoms with Crippen molar-refractivity contribution in [2.75, 3.05) is 38.2 Å². The van der Waals surface area contributed by atoms with E-state index in [4.69, 9.17) is 9.47 Å². The van der Waals surface area contributed by atoms with Crippen molar-refractivity contribution in [1.29, 1.82) is 0 Å². The number of rotatable bonds is 2. The predicted octanol–water partition coefficient (Wildman–Crippen LogP) is 1.12. The Hall–Kier alpha value is -1.51. The van der Waals surface area contributed by atoms with Crippen molar-refractivity contribution in [3.05, 3.63) is 11.1 Å². The third-order valence-electron chi connectivity index (χ3n) is 3.83. The van der Waals surface area contributed by atoms with Crippen molar-refractivity contribution >= 4 is 28.3 Å². The molecule has 0 radical (unpaired) electrons. The Morgan fingerprint density at radius 3 is 3.05 bits per heavy atom. The highest BCUT2D eigenvalue weighted by molar-refractivity contribution is 7.14. The molecule has 3 rings (SSSR count). The van der Waals surface area contributed by atoms with Crippen LogP contribution in [0.25, 0.3) is 0 Å². The fourth-order valence-corrected chi connectivity index (χ4v) is 3.56. The maximum absolute atomic E-state index is 12.6. The maximum Gasteiger partial charge on any atom is 0.273 e. The summed E-state index contributed by atoms with van der Waals surface area (Å²) in [7, 11) is 0. The van der Waals surface area contributed by atoms with Gasteiger partial charge in [-0.3, -0.25) is 9.59 Å². The van der Waals surface area contributed by atoms with Crippen LogP contribution in [-0.4, -0.2) is 60.2 Å². The van der Waals surface area contributed by atoms with Crippen LogP contribution in [0.4, 0.5) is 5.13 Å². The van der Waals surface area contributed by atoms with E-state index in [1.54, 1.807) is 10.3 Å². The third kappa shape index (κ3) is 3.29. The summed E-state index contributed by atoms with van der Waals surface area (Å²) in [6.45, 7) is 4.29. The Balaban J connectivity index is 1.68. The number of carbonyl (C=O) groups is 2. The minimum absolute atomic E-state index is 0.124. The van der Waals surface area contributed by atoms with E-state index in [2.05, 4.69) is 10.3 Å². The summed E-state index contributed by atoms with van der Waals surface area (Å²) in [4.78, 5) is 29.6. The van der Waals surface area contributed by atoms with E-state index in [0.717, 1.165) is 19.4 Å². The molecule has 2 aliphatic rings. The van der Waals surface area contributed by atoms with Gasteiger partial charge in [-0.05, 0) is 12.8 Å². The number of hydrogen-bond donors (Lipinski definition) is 1. The zero-order valence-electron chi connectivity index (χ0n) is 12.5. The summed E-state index contributed by atoms with van der Waals surface area (Å²) in [5, 5.41) is 4.71. The van der Waals surface area contributed by atoms with Gasteiger partial charge in [0.2, 0.25) is 5.91 Å². The predicted molar refractivity (Wildman–Crippen MR) is 81.1 cm³/mol.